The van der Waals surface area contributed by atoms with Crippen molar-refractivity contribution in [1.82, 2.24) is 0 Å². The summed E-state index contributed by atoms with van der Waals surface area (Å²) < 4.78 is 0. The van der Waals surface area contributed by atoms with Gasteiger partial charge in [-0.2, -0.15) is 5.26 Å². The van der Waals surface area contributed by atoms with E-state index in [2.05, 4.69) is 12.1 Å². The minimum atomic E-state index is -0.658. The number of nitriles is 1. The summed E-state index contributed by atoms with van der Waals surface area (Å²) in [5, 5.41) is 18.6. The minimum Gasteiger partial charge on any atom is -0.258 e. The van der Waals surface area contributed by atoms with Crippen molar-refractivity contribution in [3.63, 3.8) is 0 Å². The van der Waals surface area contributed by atoms with Gasteiger partial charge in [0.25, 0.3) is 5.69 Å². The van der Waals surface area contributed by atoms with E-state index in [9.17, 15) is 10.1 Å². The molecule has 0 heterocycles. The average molecular weight is 146 g/mol. The van der Waals surface area contributed by atoms with Gasteiger partial charge in [-0.05, 0) is 12.1 Å². The van der Waals surface area contributed by atoms with Crippen LogP contribution in [0.4, 0.5) is 5.69 Å². The third-order valence-electron chi connectivity index (χ3n) is 1.08. The predicted molar refractivity (Wildman–Crippen MR) is 35.5 cm³/mol. The number of hydrogen-bond acceptors (Lipinski definition) is 3. The van der Waals surface area contributed by atoms with Gasteiger partial charge in [0.05, 0.1) is 11.0 Å². The number of nitrogens with zero attached hydrogens (tertiary/aromatic N) is 2. The fourth-order valence-electron chi connectivity index (χ4n) is 0.616. The standard InChI is InChI=1S/C7H2N2O2/c8-5-6-3-1-2-4-7(6)9(10)11/h1,3H. The fraction of sp³-hybridized carbons (Fsp3) is 0. The van der Waals surface area contributed by atoms with Gasteiger partial charge in [-0.3, -0.25) is 10.1 Å². The van der Waals surface area contributed by atoms with Crippen molar-refractivity contribution < 1.29 is 4.92 Å². The molecule has 0 bridgehead atoms. The molecule has 0 unspecified atom stereocenters. The van der Waals surface area contributed by atoms with Gasteiger partial charge in [-0.25, -0.2) is 0 Å². The lowest BCUT2D eigenvalue weighted by Crippen LogP contribution is -1.91. The van der Waals surface area contributed by atoms with Gasteiger partial charge in [-0.1, -0.05) is 6.07 Å². The molecule has 1 aromatic rings. The second kappa shape index (κ2) is 2.80. The third kappa shape index (κ3) is 1.33. The molecule has 0 amide bonds. The second-order valence-corrected chi connectivity index (χ2v) is 1.73. The van der Waals surface area contributed by atoms with Crippen LogP contribution in [0, 0.1) is 33.6 Å². The van der Waals surface area contributed by atoms with Crippen molar-refractivity contribution >= 4 is 5.69 Å². The highest BCUT2D eigenvalue weighted by molar-refractivity contribution is 5.46. The van der Waals surface area contributed by atoms with Gasteiger partial charge < -0.3 is 0 Å². The topological polar surface area (TPSA) is 66.9 Å². The first-order valence-electron chi connectivity index (χ1n) is 2.72. The van der Waals surface area contributed by atoms with Crippen LogP contribution in [-0.2, 0) is 0 Å². The van der Waals surface area contributed by atoms with E-state index in [4.69, 9.17) is 5.26 Å². The van der Waals surface area contributed by atoms with Crippen molar-refractivity contribution in [3.8, 4) is 6.07 Å². The second-order valence-electron chi connectivity index (χ2n) is 1.73. The van der Waals surface area contributed by atoms with Crippen LogP contribution in [0.1, 0.15) is 5.56 Å². The van der Waals surface area contributed by atoms with Crippen LogP contribution in [0.25, 0.3) is 0 Å². The van der Waals surface area contributed by atoms with Crippen LogP contribution >= 0.6 is 0 Å². The van der Waals surface area contributed by atoms with Crippen LogP contribution in [-0.4, -0.2) is 4.92 Å². The Hall–Kier alpha value is -1.89. The summed E-state index contributed by atoms with van der Waals surface area (Å²) in [7, 11) is 0. The van der Waals surface area contributed by atoms with Crippen molar-refractivity contribution in [1.29, 1.82) is 5.26 Å². The lowest BCUT2D eigenvalue weighted by atomic mass is 10.2. The molecular weight excluding hydrogens is 144 g/mol. The Balaban J connectivity index is 3.26. The molecule has 0 spiro atoms. The van der Waals surface area contributed by atoms with Crippen LogP contribution in [0.2, 0.25) is 0 Å². The molecule has 0 fully saturated rings. The molecule has 2 radical (unpaired) electrons. The van der Waals surface area contributed by atoms with E-state index in [0.717, 1.165) is 0 Å². The quantitative estimate of drug-likeness (QED) is 0.439. The van der Waals surface area contributed by atoms with Crippen LogP contribution in [0.3, 0.4) is 0 Å². The number of benzene rings is 1. The summed E-state index contributed by atoms with van der Waals surface area (Å²) in [6.45, 7) is 0. The van der Waals surface area contributed by atoms with Crippen molar-refractivity contribution in [2.45, 2.75) is 0 Å². The summed E-state index contributed by atoms with van der Waals surface area (Å²) in [5.74, 6) is 0. The summed E-state index contributed by atoms with van der Waals surface area (Å²) in [5.41, 5.74) is -0.316. The highest BCUT2D eigenvalue weighted by Gasteiger charge is 2.11. The molecular formula is C7H2N2O2. The van der Waals surface area contributed by atoms with E-state index in [1.165, 1.54) is 12.1 Å². The molecule has 0 aliphatic heterocycles. The van der Waals surface area contributed by atoms with E-state index in [-0.39, 0.29) is 11.3 Å². The first kappa shape index (κ1) is 7.22. The van der Waals surface area contributed by atoms with Crippen molar-refractivity contribution in [2.75, 3.05) is 0 Å². The maximum absolute atomic E-state index is 10.2. The van der Waals surface area contributed by atoms with Gasteiger partial charge in [0, 0.05) is 0 Å². The Labute approximate surface area is 62.8 Å². The summed E-state index contributed by atoms with van der Waals surface area (Å²) >= 11 is 0. The highest BCUT2D eigenvalue weighted by Crippen LogP contribution is 2.14. The zero-order chi connectivity index (χ0) is 8.27. The zero-order valence-corrected chi connectivity index (χ0v) is 5.37. The molecule has 0 atom stereocenters. The Kier molecular flexibility index (Phi) is 1.83. The van der Waals surface area contributed by atoms with E-state index in [1.807, 2.05) is 0 Å². The molecule has 0 aromatic heterocycles. The third-order valence-corrected chi connectivity index (χ3v) is 1.08. The van der Waals surface area contributed by atoms with E-state index in [1.54, 1.807) is 6.07 Å². The Bertz CT molecular complexity index is 327. The Morgan fingerprint density at radius 2 is 2.45 bits per heavy atom. The maximum Gasteiger partial charge on any atom is 0.295 e. The summed E-state index contributed by atoms with van der Waals surface area (Å²) in [6.07, 6.45) is 0. The first-order valence-corrected chi connectivity index (χ1v) is 2.72. The molecule has 0 saturated carbocycles. The number of hydrogen-bond donors (Lipinski definition) is 0. The van der Waals surface area contributed by atoms with Crippen LogP contribution in [0.5, 0.6) is 0 Å². The molecule has 1 aromatic carbocycles. The Morgan fingerprint density at radius 3 is 2.91 bits per heavy atom. The number of rotatable bonds is 1. The SMILES string of the molecule is N#Cc1cc[c][c]c1[N+](=O)[O-]. The highest BCUT2D eigenvalue weighted by atomic mass is 16.6. The monoisotopic (exact) mass is 146 g/mol. The zero-order valence-electron chi connectivity index (χ0n) is 5.37. The summed E-state index contributed by atoms with van der Waals surface area (Å²) in [4.78, 5) is 9.53. The largest absolute Gasteiger partial charge is 0.295 e. The van der Waals surface area contributed by atoms with Crippen molar-refractivity contribution in [2.24, 2.45) is 0 Å². The van der Waals surface area contributed by atoms with Crippen LogP contribution in [0.15, 0.2) is 12.1 Å². The molecule has 0 aliphatic carbocycles. The molecule has 52 valence electrons. The molecule has 1 rings (SSSR count). The van der Waals surface area contributed by atoms with Gasteiger partial charge in [0.15, 0.2) is 0 Å². The van der Waals surface area contributed by atoms with Gasteiger partial charge in [0.2, 0.25) is 0 Å². The molecule has 0 N–H and O–H groups in total. The smallest absolute Gasteiger partial charge is 0.258 e. The summed E-state index contributed by atoms with van der Waals surface area (Å²) in [6, 6.07) is 9.06. The maximum atomic E-state index is 10.2. The van der Waals surface area contributed by atoms with Gasteiger partial charge >= 0.3 is 0 Å². The molecule has 4 heteroatoms. The van der Waals surface area contributed by atoms with Crippen molar-refractivity contribution in [3.05, 3.63) is 39.9 Å². The van der Waals surface area contributed by atoms with E-state index < -0.39 is 4.92 Å². The molecule has 0 saturated heterocycles. The minimum absolute atomic E-state index is 0.00810. The van der Waals surface area contributed by atoms with Gasteiger partial charge in [0.1, 0.15) is 11.6 Å². The lowest BCUT2D eigenvalue weighted by molar-refractivity contribution is -0.385. The van der Waals surface area contributed by atoms with E-state index in [0.29, 0.717) is 0 Å². The molecule has 0 aliphatic rings. The van der Waals surface area contributed by atoms with E-state index >= 15 is 0 Å². The normalized spacial score (nSPS) is 8.64. The Morgan fingerprint density at radius 1 is 1.73 bits per heavy atom. The lowest BCUT2D eigenvalue weighted by Gasteiger charge is -1.89. The molecule has 4 nitrogen and oxygen atoms in total. The predicted octanol–water partition coefficient (Wildman–Crippen LogP) is 1.07. The first-order chi connectivity index (χ1) is 5.25. The molecule has 11 heavy (non-hydrogen) atoms. The van der Waals surface area contributed by atoms with Gasteiger partial charge in [-0.15, -0.1) is 0 Å². The fourth-order valence-corrected chi connectivity index (χ4v) is 0.616. The number of nitro benzene ring substituents is 1. The number of nitro groups is 1. The van der Waals surface area contributed by atoms with Crippen LogP contribution < -0.4 is 0 Å². The average Bonchev–Trinajstić information content (AvgIpc) is 2.04.